The lowest BCUT2D eigenvalue weighted by atomic mass is 9.33. The SMILES string of the molecule is [B]C([B])(C(C)(C)C)C(C)(CC)CCCC. The Labute approximate surface area is 99.4 Å². The summed E-state index contributed by atoms with van der Waals surface area (Å²) in [5.74, 6) is 0. The van der Waals surface area contributed by atoms with Gasteiger partial charge in [-0.3, -0.25) is 0 Å². The summed E-state index contributed by atoms with van der Waals surface area (Å²) in [5.41, 5.74) is -0.0350. The average molecular weight is 204 g/mol. The zero-order valence-electron chi connectivity index (χ0n) is 11.5. The Morgan fingerprint density at radius 1 is 0.933 bits per heavy atom. The van der Waals surface area contributed by atoms with Crippen molar-refractivity contribution in [2.45, 2.75) is 72.4 Å². The quantitative estimate of drug-likeness (QED) is 0.591. The minimum absolute atomic E-state index is 0.0290. The minimum atomic E-state index is -0.607. The van der Waals surface area contributed by atoms with E-state index in [0.29, 0.717) is 0 Å². The molecule has 0 heterocycles. The highest BCUT2D eigenvalue weighted by atomic mass is 14.4. The summed E-state index contributed by atoms with van der Waals surface area (Å²) in [6, 6.07) is 0. The molecule has 1 unspecified atom stereocenters. The fraction of sp³-hybridized carbons (Fsp3) is 1.00. The maximum Gasteiger partial charge on any atom is 0.0634 e. The molecule has 84 valence electrons. The summed E-state index contributed by atoms with van der Waals surface area (Å²) in [6.07, 6.45) is 4.56. The van der Waals surface area contributed by atoms with Crippen molar-refractivity contribution in [1.29, 1.82) is 0 Å². The summed E-state index contributed by atoms with van der Waals surface area (Å²) in [4.78, 5) is 0. The number of hydrogen-bond donors (Lipinski definition) is 0. The lowest BCUT2D eigenvalue weighted by Crippen LogP contribution is -2.44. The van der Waals surface area contributed by atoms with Crippen molar-refractivity contribution < 1.29 is 0 Å². The first-order valence-corrected chi connectivity index (χ1v) is 6.20. The van der Waals surface area contributed by atoms with Crippen molar-refractivity contribution in [2.24, 2.45) is 10.8 Å². The second kappa shape index (κ2) is 4.97. The van der Waals surface area contributed by atoms with Crippen LogP contribution in [0.5, 0.6) is 0 Å². The largest absolute Gasteiger partial charge is 0.0892 e. The van der Waals surface area contributed by atoms with Gasteiger partial charge in [-0.1, -0.05) is 66.0 Å². The van der Waals surface area contributed by atoms with Crippen LogP contribution in [-0.4, -0.2) is 15.7 Å². The van der Waals surface area contributed by atoms with Crippen LogP contribution in [-0.2, 0) is 0 Å². The molecule has 0 amide bonds. The Bertz CT molecular complexity index is 191. The van der Waals surface area contributed by atoms with Crippen molar-refractivity contribution in [3.8, 4) is 0 Å². The van der Waals surface area contributed by atoms with Gasteiger partial charge in [0.2, 0.25) is 0 Å². The first-order valence-electron chi connectivity index (χ1n) is 6.20. The monoisotopic (exact) mass is 204 g/mol. The van der Waals surface area contributed by atoms with Gasteiger partial charge < -0.3 is 0 Å². The van der Waals surface area contributed by atoms with Crippen LogP contribution >= 0.6 is 0 Å². The van der Waals surface area contributed by atoms with E-state index in [2.05, 4.69) is 41.5 Å². The van der Waals surface area contributed by atoms with E-state index in [-0.39, 0.29) is 10.8 Å². The Morgan fingerprint density at radius 3 is 1.67 bits per heavy atom. The zero-order valence-corrected chi connectivity index (χ0v) is 11.5. The fourth-order valence-corrected chi connectivity index (χ4v) is 2.15. The van der Waals surface area contributed by atoms with Crippen LogP contribution in [0.15, 0.2) is 0 Å². The van der Waals surface area contributed by atoms with Crippen LogP contribution in [0.3, 0.4) is 0 Å². The molecule has 15 heavy (non-hydrogen) atoms. The van der Waals surface area contributed by atoms with Gasteiger partial charge in [0, 0.05) is 0 Å². The molecule has 0 aromatic carbocycles. The van der Waals surface area contributed by atoms with Gasteiger partial charge in [0.25, 0.3) is 0 Å². The molecule has 2 heteroatoms. The first-order chi connectivity index (χ1) is 6.62. The predicted molar refractivity (Wildman–Crippen MR) is 71.6 cm³/mol. The Hall–Kier alpha value is 0.130. The molecular weight excluding hydrogens is 178 g/mol. The van der Waals surface area contributed by atoms with E-state index in [9.17, 15) is 0 Å². The molecule has 4 radical (unpaired) electrons. The Balaban J connectivity index is 4.92. The highest BCUT2D eigenvalue weighted by molar-refractivity contribution is 6.41. The van der Waals surface area contributed by atoms with Crippen LogP contribution in [0.25, 0.3) is 0 Å². The number of rotatable bonds is 5. The van der Waals surface area contributed by atoms with E-state index in [1.807, 2.05) is 0 Å². The summed E-state index contributed by atoms with van der Waals surface area (Å²) < 4.78 is 0. The van der Waals surface area contributed by atoms with Gasteiger partial charge in [-0.25, -0.2) is 0 Å². The van der Waals surface area contributed by atoms with E-state index in [1.54, 1.807) is 0 Å². The van der Waals surface area contributed by atoms with Crippen LogP contribution in [0.1, 0.15) is 67.2 Å². The van der Waals surface area contributed by atoms with Gasteiger partial charge >= 0.3 is 0 Å². The topological polar surface area (TPSA) is 0 Å². The molecule has 0 aromatic heterocycles. The van der Waals surface area contributed by atoms with Crippen molar-refractivity contribution in [1.82, 2.24) is 0 Å². The van der Waals surface area contributed by atoms with E-state index in [4.69, 9.17) is 15.7 Å². The summed E-state index contributed by atoms with van der Waals surface area (Å²) in [5, 5.41) is -0.607. The first kappa shape index (κ1) is 15.1. The van der Waals surface area contributed by atoms with E-state index >= 15 is 0 Å². The molecule has 0 aliphatic heterocycles. The van der Waals surface area contributed by atoms with Gasteiger partial charge in [-0.2, -0.15) is 0 Å². The molecule has 0 saturated heterocycles. The average Bonchev–Trinajstić information content (AvgIpc) is 2.12. The molecule has 0 bridgehead atoms. The lowest BCUT2D eigenvalue weighted by Gasteiger charge is -2.54. The second-order valence-electron chi connectivity index (χ2n) is 6.14. The lowest BCUT2D eigenvalue weighted by molar-refractivity contribution is 0.138. The molecule has 0 fully saturated rings. The molecule has 0 saturated carbocycles. The van der Waals surface area contributed by atoms with Crippen molar-refractivity contribution in [3.63, 3.8) is 0 Å². The van der Waals surface area contributed by atoms with Gasteiger partial charge in [-0.05, 0) is 17.3 Å². The van der Waals surface area contributed by atoms with Gasteiger partial charge in [-0.15, -0.1) is 0 Å². The highest BCUT2D eigenvalue weighted by Gasteiger charge is 2.45. The van der Waals surface area contributed by atoms with Gasteiger partial charge in [0.15, 0.2) is 0 Å². The molecule has 0 rings (SSSR count). The Morgan fingerprint density at radius 2 is 1.40 bits per heavy atom. The predicted octanol–water partition coefficient (Wildman–Crippen LogP) is 4.09. The maximum atomic E-state index is 6.40. The minimum Gasteiger partial charge on any atom is -0.0892 e. The smallest absolute Gasteiger partial charge is 0.0634 e. The maximum absolute atomic E-state index is 6.40. The second-order valence-corrected chi connectivity index (χ2v) is 6.14. The van der Waals surface area contributed by atoms with Crippen LogP contribution in [0.4, 0.5) is 0 Å². The Kier molecular flexibility index (Phi) is 5.02. The normalized spacial score (nSPS) is 17.5. The van der Waals surface area contributed by atoms with Crippen molar-refractivity contribution >= 4 is 15.7 Å². The highest BCUT2D eigenvalue weighted by Crippen LogP contribution is 2.56. The van der Waals surface area contributed by atoms with Crippen LogP contribution in [0.2, 0.25) is 5.21 Å². The molecule has 0 spiro atoms. The van der Waals surface area contributed by atoms with Crippen LogP contribution < -0.4 is 0 Å². The zero-order chi connectivity index (χ0) is 12.3. The molecule has 0 aromatic rings. The third-order valence-electron chi connectivity index (χ3n) is 4.10. The van der Waals surface area contributed by atoms with E-state index in [0.717, 1.165) is 12.8 Å². The molecule has 0 N–H and O–H groups in total. The van der Waals surface area contributed by atoms with Gasteiger partial charge in [0.05, 0.1) is 15.7 Å². The number of hydrogen-bond acceptors (Lipinski definition) is 0. The summed E-state index contributed by atoms with van der Waals surface area (Å²) in [6.45, 7) is 13.0. The van der Waals surface area contributed by atoms with Crippen molar-refractivity contribution in [2.75, 3.05) is 0 Å². The third-order valence-corrected chi connectivity index (χ3v) is 4.10. The summed E-state index contributed by atoms with van der Waals surface area (Å²) in [7, 11) is 12.8. The van der Waals surface area contributed by atoms with E-state index < -0.39 is 5.21 Å². The molecule has 0 aliphatic carbocycles. The van der Waals surface area contributed by atoms with Crippen molar-refractivity contribution in [3.05, 3.63) is 0 Å². The standard InChI is InChI=1S/C13H26B2/c1-7-9-10-12(6,8-2)13(14,15)11(3,4)5/h7-10H2,1-6H3. The number of unbranched alkanes of at least 4 members (excludes halogenated alkanes) is 1. The van der Waals surface area contributed by atoms with Gasteiger partial charge in [0.1, 0.15) is 0 Å². The molecular formula is C13H26B2. The molecule has 0 nitrogen and oxygen atoms in total. The summed E-state index contributed by atoms with van der Waals surface area (Å²) >= 11 is 0. The fourth-order valence-electron chi connectivity index (χ4n) is 2.15. The van der Waals surface area contributed by atoms with E-state index in [1.165, 1.54) is 12.8 Å². The third kappa shape index (κ3) is 3.04. The molecule has 1 atom stereocenters. The molecule has 0 aliphatic rings. The van der Waals surface area contributed by atoms with Crippen LogP contribution in [0, 0.1) is 10.8 Å².